The summed E-state index contributed by atoms with van der Waals surface area (Å²) in [5.41, 5.74) is 5.58. The smallest absolute Gasteiger partial charge is 0.146 e. The van der Waals surface area contributed by atoms with Crippen molar-refractivity contribution in [2.75, 3.05) is 6.61 Å². The third kappa shape index (κ3) is 1.77. The van der Waals surface area contributed by atoms with E-state index in [0.29, 0.717) is 18.6 Å². The second-order valence-electron chi connectivity index (χ2n) is 3.95. The minimum atomic E-state index is 0.290. The van der Waals surface area contributed by atoms with E-state index in [-0.39, 0.29) is 0 Å². The molecule has 5 nitrogen and oxygen atoms in total. The summed E-state index contributed by atoms with van der Waals surface area (Å²) in [7, 11) is 1.97. The van der Waals surface area contributed by atoms with Crippen molar-refractivity contribution in [3.63, 3.8) is 0 Å². The third-order valence-electron chi connectivity index (χ3n) is 3.12. The number of aromatic nitrogens is 3. The molecule has 2 atom stereocenters. The predicted octanol–water partition coefficient (Wildman–Crippen LogP) is 0.556. The Morgan fingerprint density at radius 2 is 2.33 bits per heavy atom. The van der Waals surface area contributed by atoms with Crippen molar-refractivity contribution in [2.45, 2.75) is 38.3 Å². The molecule has 2 N–H and O–H groups in total. The van der Waals surface area contributed by atoms with Gasteiger partial charge in [-0.15, -0.1) is 10.2 Å². The van der Waals surface area contributed by atoms with Crippen molar-refractivity contribution in [2.24, 2.45) is 12.8 Å². The van der Waals surface area contributed by atoms with E-state index in [1.807, 2.05) is 11.6 Å². The van der Waals surface area contributed by atoms with Gasteiger partial charge in [-0.1, -0.05) is 6.92 Å². The molecule has 0 bridgehead atoms. The minimum Gasteiger partial charge on any atom is -0.377 e. The van der Waals surface area contributed by atoms with E-state index in [2.05, 4.69) is 17.1 Å². The van der Waals surface area contributed by atoms with E-state index in [4.69, 9.17) is 10.5 Å². The molecule has 0 spiro atoms. The SMILES string of the molecule is CCC1OCCC1c1nnc(CN)n1C. The summed E-state index contributed by atoms with van der Waals surface area (Å²) in [6, 6.07) is 0. The van der Waals surface area contributed by atoms with E-state index < -0.39 is 0 Å². The van der Waals surface area contributed by atoms with Crippen molar-refractivity contribution >= 4 is 0 Å². The minimum absolute atomic E-state index is 0.290. The first kappa shape index (κ1) is 10.6. The average molecular weight is 210 g/mol. The van der Waals surface area contributed by atoms with Gasteiger partial charge in [0.25, 0.3) is 0 Å². The standard InChI is InChI=1S/C10H18N4O/c1-3-8-7(4-5-15-8)10-13-12-9(6-11)14(10)2/h7-8H,3-6,11H2,1-2H3. The largest absolute Gasteiger partial charge is 0.377 e. The fourth-order valence-corrected chi connectivity index (χ4v) is 2.22. The zero-order valence-corrected chi connectivity index (χ0v) is 9.31. The molecule has 15 heavy (non-hydrogen) atoms. The molecule has 84 valence electrons. The summed E-state index contributed by atoms with van der Waals surface area (Å²) < 4.78 is 7.66. The van der Waals surface area contributed by atoms with Gasteiger partial charge in [0.05, 0.1) is 12.6 Å². The first-order chi connectivity index (χ1) is 7.27. The number of nitrogens with zero attached hydrogens (tertiary/aromatic N) is 3. The molecule has 0 saturated carbocycles. The molecular formula is C10H18N4O. The number of rotatable bonds is 3. The first-order valence-corrected chi connectivity index (χ1v) is 5.47. The van der Waals surface area contributed by atoms with E-state index >= 15 is 0 Å². The average Bonchev–Trinajstić information content (AvgIpc) is 2.83. The van der Waals surface area contributed by atoms with E-state index in [0.717, 1.165) is 31.1 Å². The van der Waals surface area contributed by atoms with Gasteiger partial charge in [-0.2, -0.15) is 0 Å². The number of hydrogen-bond donors (Lipinski definition) is 1. The van der Waals surface area contributed by atoms with Crippen LogP contribution in [0, 0.1) is 0 Å². The Kier molecular flexibility index (Phi) is 3.02. The Balaban J connectivity index is 2.24. The second-order valence-corrected chi connectivity index (χ2v) is 3.95. The first-order valence-electron chi connectivity index (χ1n) is 5.47. The lowest BCUT2D eigenvalue weighted by Gasteiger charge is -2.15. The molecule has 0 radical (unpaired) electrons. The van der Waals surface area contributed by atoms with Crippen LogP contribution in [0.25, 0.3) is 0 Å². The fraction of sp³-hybridized carbons (Fsp3) is 0.800. The normalized spacial score (nSPS) is 26.1. The van der Waals surface area contributed by atoms with Crippen LogP contribution in [-0.2, 0) is 18.3 Å². The molecule has 2 unspecified atom stereocenters. The number of nitrogens with two attached hydrogens (primary N) is 1. The van der Waals surface area contributed by atoms with Gasteiger partial charge in [0, 0.05) is 19.6 Å². The van der Waals surface area contributed by atoms with Gasteiger partial charge < -0.3 is 15.0 Å². The highest BCUT2D eigenvalue weighted by Crippen LogP contribution is 2.31. The molecule has 1 aromatic heterocycles. The predicted molar refractivity (Wildman–Crippen MR) is 56.3 cm³/mol. The van der Waals surface area contributed by atoms with E-state index in [1.54, 1.807) is 0 Å². The molecule has 0 aliphatic carbocycles. The van der Waals surface area contributed by atoms with Gasteiger partial charge >= 0.3 is 0 Å². The number of hydrogen-bond acceptors (Lipinski definition) is 4. The quantitative estimate of drug-likeness (QED) is 0.791. The summed E-state index contributed by atoms with van der Waals surface area (Å²) in [5, 5.41) is 8.30. The highest BCUT2D eigenvalue weighted by molar-refractivity contribution is 5.05. The van der Waals surface area contributed by atoms with Crippen LogP contribution in [0.4, 0.5) is 0 Å². The maximum atomic E-state index is 5.65. The van der Waals surface area contributed by atoms with Crippen LogP contribution >= 0.6 is 0 Å². The van der Waals surface area contributed by atoms with Crippen LogP contribution in [-0.4, -0.2) is 27.5 Å². The zero-order chi connectivity index (χ0) is 10.8. The van der Waals surface area contributed by atoms with Crippen LogP contribution in [0.1, 0.15) is 37.3 Å². The molecule has 1 saturated heterocycles. The highest BCUT2D eigenvalue weighted by atomic mass is 16.5. The molecule has 2 rings (SSSR count). The molecule has 2 heterocycles. The zero-order valence-electron chi connectivity index (χ0n) is 9.31. The van der Waals surface area contributed by atoms with E-state index in [1.165, 1.54) is 0 Å². The van der Waals surface area contributed by atoms with Gasteiger partial charge in [-0.25, -0.2) is 0 Å². The van der Waals surface area contributed by atoms with Crippen LogP contribution in [0.5, 0.6) is 0 Å². The summed E-state index contributed by atoms with van der Waals surface area (Å²) in [4.78, 5) is 0. The summed E-state index contributed by atoms with van der Waals surface area (Å²) >= 11 is 0. The third-order valence-corrected chi connectivity index (χ3v) is 3.12. The van der Waals surface area contributed by atoms with Crippen molar-refractivity contribution < 1.29 is 4.74 Å². The molecule has 0 amide bonds. The molecule has 1 aliphatic heterocycles. The van der Waals surface area contributed by atoms with Crippen molar-refractivity contribution in [1.82, 2.24) is 14.8 Å². The van der Waals surface area contributed by atoms with Crippen LogP contribution in [0.3, 0.4) is 0 Å². The summed E-state index contributed by atoms with van der Waals surface area (Å²) in [5.74, 6) is 2.24. The topological polar surface area (TPSA) is 66.0 Å². The Morgan fingerprint density at radius 3 is 2.93 bits per heavy atom. The maximum absolute atomic E-state index is 5.65. The van der Waals surface area contributed by atoms with Gasteiger partial charge in [0.15, 0.2) is 0 Å². The lowest BCUT2D eigenvalue weighted by atomic mass is 9.99. The molecular weight excluding hydrogens is 192 g/mol. The Bertz CT molecular complexity index is 336. The monoisotopic (exact) mass is 210 g/mol. The second kappa shape index (κ2) is 4.28. The molecule has 1 aromatic rings. The Labute approximate surface area is 89.6 Å². The van der Waals surface area contributed by atoms with Crippen molar-refractivity contribution in [1.29, 1.82) is 0 Å². The molecule has 1 aliphatic rings. The van der Waals surface area contributed by atoms with Crippen LogP contribution < -0.4 is 5.73 Å². The Hall–Kier alpha value is -0.940. The molecule has 5 heteroatoms. The van der Waals surface area contributed by atoms with Gasteiger partial charge in [-0.3, -0.25) is 0 Å². The molecule has 1 fully saturated rings. The lowest BCUT2D eigenvalue weighted by Crippen LogP contribution is -2.17. The summed E-state index contributed by atoms with van der Waals surface area (Å²) in [6.07, 6.45) is 2.35. The van der Waals surface area contributed by atoms with E-state index in [9.17, 15) is 0 Å². The maximum Gasteiger partial charge on any atom is 0.146 e. The van der Waals surface area contributed by atoms with Crippen molar-refractivity contribution in [3.8, 4) is 0 Å². The van der Waals surface area contributed by atoms with Gasteiger partial charge in [0.1, 0.15) is 11.6 Å². The number of ether oxygens (including phenoxy) is 1. The highest BCUT2D eigenvalue weighted by Gasteiger charge is 2.31. The lowest BCUT2D eigenvalue weighted by molar-refractivity contribution is 0.0989. The van der Waals surface area contributed by atoms with Crippen LogP contribution in [0.2, 0.25) is 0 Å². The fourth-order valence-electron chi connectivity index (χ4n) is 2.22. The molecule has 0 aromatic carbocycles. The van der Waals surface area contributed by atoms with Crippen LogP contribution in [0.15, 0.2) is 0 Å². The summed E-state index contributed by atoms with van der Waals surface area (Å²) in [6.45, 7) is 3.41. The van der Waals surface area contributed by atoms with Gasteiger partial charge in [0.2, 0.25) is 0 Å². The van der Waals surface area contributed by atoms with Crippen molar-refractivity contribution in [3.05, 3.63) is 11.6 Å². The Morgan fingerprint density at radius 1 is 1.53 bits per heavy atom. The van der Waals surface area contributed by atoms with Gasteiger partial charge in [-0.05, 0) is 12.8 Å².